The molecule has 0 aliphatic heterocycles. The van der Waals surface area contributed by atoms with Crippen LogP contribution in [0.2, 0.25) is 0 Å². The molecule has 0 spiro atoms. The lowest BCUT2D eigenvalue weighted by Crippen LogP contribution is -2.41. The quantitative estimate of drug-likeness (QED) is 0.258. The van der Waals surface area contributed by atoms with Gasteiger partial charge in [0.1, 0.15) is 11.4 Å². The van der Waals surface area contributed by atoms with Gasteiger partial charge < -0.3 is 24.9 Å². The smallest absolute Gasteiger partial charge is 0.310 e. The number of carbonyl (C=O) groups is 1. The summed E-state index contributed by atoms with van der Waals surface area (Å²) < 4.78 is 9.89. The fourth-order valence-corrected chi connectivity index (χ4v) is 1.77. The van der Waals surface area contributed by atoms with Gasteiger partial charge in [0.15, 0.2) is 5.96 Å². The minimum absolute atomic E-state index is 0. The van der Waals surface area contributed by atoms with Crippen LogP contribution < -0.4 is 10.6 Å². The summed E-state index contributed by atoms with van der Waals surface area (Å²) in [7, 11) is 1.36. The summed E-state index contributed by atoms with van der Waals surface area (Å²) in [4.78, 5) is 15.7. The van der Waals surface area contributed by atoms with Crippen LogP contribution in [0.15, 0.2) is 27.8 Å². The Hall–Kier alpha value is -1.29. The summed E-state index contributed by atoms with van der Waals surface area (Å²) in [5, 5.41) is 16.5. The van der Waals surface area contributed by atoms with Crippen LogP contribution >= 0.6 is 24.0 Å². The van der Waals surface area contributed by atoms with Crippen molar-refractivity contribution in [1.82, 2.24) is 10.6 Å². The number of guanidine groups is 1. The number of aliphatic hydroxyl groups is 1. The molecule has 0 aromatic carbocycles. The zero-order valence-electron chi connectivity index (χ0n) is 14.0. The number of carbonyl (C=O) groups excluding carboxylic acids is 1. The van der Waals surface area contributed by atoms with Crippen molar-refractivity contribution in [2.45, 2.75) is 26.4 Å². The van der Waals surface area contributed by atoms with Crippen LogP contribution in [0.5, 0.6) is 0 Å². The Morgan fingerprint density at radius 3 is 2.74 bits per heavy atom. The minimum atomic E-state index is -1.19. The van der Waals surface area contributed by atoms with E-state index in [2.05, 4.69) is 20.4 Å². The molecule has 2 unspecified atom stereocenters. The van der Waals surface area contributed by atoms with Gasteiger partial charge in [-0.2, -0.15) is 0 Å². The van der Waals surface area contributed by atoms with Gasteiger partial charge in [0.05, 0.1) is 25.8 Å². The van der Waals surface area contributed by atoms with Crippen LogP contribution in [0.1, 0.15) is 26.5 Å². The van der Waals surface area contributed by atoms with Crippen molar-refractivity contribution >= 4 is 35.9 Å². The molecule has 8 heteroatoms. The molecule has 1 rings (SSSR count). The lowest BCUT2D eigenvalue weighted by Gasteiger charge is -2.20. The highest BCUT2D eigenvalue weighted by atomic mass is 127. The lowest BCUT2D eigenvalue weighted by molar-refractivity contribution is -0.144. The zero-order valence-corrected chi connectivity index (χ0v) is 16.3. The molecule has 3 N–H and O–H groups in total. The fraction of sp³-hybridized carbons (Fsp3) is 0.600. The first kappa shape index (κ1) is 21.7. The Kier molecular flexibility index (Phi) is 9.89. The van der Waals surface area contributed by atoms with Gasteiger partial charge in [-0.25, -0.2) is 4.99 Å². The SMILES string of the molecule is CCNC(=NCC(C)(O)c1ccco1)NCC(C)C(=O)OC.I. The Balaban J connectivity index is 0.00000484. The van der Waals surface area contributed by atoms with E-state index in [4.69, 9.17) is 4.42 Å². The third kappa shape index (κ3) is 7.21. The molecule has 1 aromatic heterocycles. The van der Waals surface area contributed by atoms with Crippen molar-refractivity contribution in [3.8, 4) is 0 Å². The molecule has 0 bridgehead atoms. The molecule has 1 heterocycles. The van der Waals surface area contributed by atoms with E-state index < -0.39 is 5.60 Å². The molecular formula is C15H26IN3O4. The molecule has 0 aliphatic rings. The summed E-state index contributed by atoms with van der Waals surface area (Å²) >= 11 is 0. The number of rotatable bonds is 7. The number of halogens is 1. The highest BCUT2D eigenvalue weighted by Crippen LogP contribution is 2.20. The summed E-state index contributed by atoms with van der Waals surface area (Å²) in [5.41, 5.74) is -1.19. The minimum Gasteiger partial charge on any atom is -0.469 e. The average molecular weight is 439 g/mol. The molecule has 1 aromatic rings. The third-order valence-corrected chi connectivity index (χ3v) is 3.12. The molecule has 2 atom stereocenters. The van der Waals surface area contributed by atoms with Gasteiger partial charge in [-0.3, -0.25) is 4.79 Å². The van der Waals surface area contributed by atoms with Crippen LogP contribution in [0.25, 0.3) is 0 Å². The Bertz CT molecular complexity index is 489. The van der Waals surface area contributed by atoms with Crippen molar-refractivity contribution in [2.75, 3.05) is 26.7 Å². The van der Waals surface area contributed by atoms with E-state index in [1.165, 1.54) is 13.4 Å². The topological polar surface area (TPSA) is 96.1 Å². The molecule has 0 amide bonds. The van der Waals surface area contributed by atoms with Crippen molar-refractivity contribution < 1.29 is 19.1 Å². The largest absolute Gasteiger partial charge is 0.469 e. The van der Waals surface area contributed by atoms with Gasteiger partial charge in [-0.05, 0) is 26.0 Å². The number of hydrogen-bond donors (Lipinski definition) is 3. The van der Waals surface area contributed by atoms with E-state index in [1.54, 1.807) is 26.0 Å². The van der Waals surface area contributed by atoms with Crippen molar-refractivity contribution in [3.05, 3.63) is 24.2 Å². The average Bonchev–Trinajstić information content (AvgIpc) is 3.04. The number of hydrogen-bond acceptors (Lipinski definition) is 5. The van der Waals surface area contributed by atoms with Gasteiger partial charge in [0, 0.05) is 13.1 Å². The van der Waals surface area contributed by atoms with E-state index in [9.17, 15) is 9.90 Å². The van der Waals surface area contributed by atoms with Crippen molar-refractivity contribution in [3.63, 3.8) is 0 Å². The first-order valence-electron chi connectivity index (χ1n) is 7.27. The molecule has 23 heavy (non-hydrogen) atoms. The number of aliphatic imine (C=N–C) groups is 1. The van der Waals surface area contributed by atoms with Gasteiger partial charge in [0.25, 0.3) is 0 Å². The molecule has 0 saturated heterocycles. The van der Waals surface area contributed by atoms with Gasteiger partial charge in [-0.15, -0.1) is 24.0 Å². The highest BCUT2D eigenvalue weighted by molar-refractivity contribution is 14.0. The molecule has 132 valence electrons. The summed E-state index contributed by atoms with van der Waals surface area (Å²) in [5.74, 6) is 0.394. The van der Waals surface area contributed by atoms with Gasteiger partial charge in [-0.1, -0.05) is 6.92 Å². The van der Waals surface area contributed by atoms with E-state index in [1.807, 2.05) is 6.92 Å². The first-order valence-corrected chi connectivity index (χ1v) is 7.27. The Labute approximate surface area is 153 Å². The zero-order chi connectivity index (χ0) is 16.6. The monoisotopic (exact) mass is 439 g/mol. The van der Waals surface area contributed by atoms with E-state index in [0.29, 0.717) is 24.8 Å². The van der Waals surface area contributed by atoms with Crippen LogP contribution in [-0.4, -0.2) is 43.8 Å². The predicted octanol–water partition coefficient (Wildman–Crippen LogP) is 1.47. The summed E-state index contributed by atoms with van der Waals surface area (Å²) in [6.07, 6.45) is 1.51. The van der Waals surface area contributed by atoms with Crippen LogP contribution in [-0.2, 0) is 15.1 Å². The Morgan fingerprint density at radius 1 is 1.52 bits per heavy atom. The number of esters is 1. The van der Waals surface area contributed by atoms with Crippen LogP contribution in [0, 0.1) is 5.92 Å². The number of ether oxygens (including phenoxy) is 1. The number of furan rings is 1. The normalized spacial score (nSPS) is 15.1. The number of methoxy groups -OCH3 is 1. The van der Waals surface area contributed by atoms with Crippen molar-refractivity contribution in [2.24, 2.45) is 10.9 Å². The van der Waals surface area contributed by atoms with E-state index in [0.717, 1.165) is 0 Å². The lowest BCUT2D eigenvalue weighted by atomic mass is 10.0. The Morgan fingerprint density at radius 2 is 2.22 bits per heavy atom. The summed E-state index contributed by atoms with van der Waals surface area (Å²) in [6.45, 7) is 6.52. The third-order valence-electron chi connectivity index (χ3n) is 3.12. The standard InChI is InChI=1S/C15H25N3O4.HI/c1-5-16-14(17-9-11(2)13(19)21-4)18-10-15(3,20)12-7-6-8-22-12;/h6-8,11,20H,5,9-10H2,1-4H3,(H2,16,17,18);1H. The molecule has 7 nitrogen and oxygen atoms in total. The number of nitrogens with one attached hydrogen (secondary N) is 2. The summed E-state index contributed by atoms with van der Waals surface area (Å²) in [6, 6.07) is 3.42. The highest BCUT2D eigenvalue weighted by Gasteiger charge is 2.26. The van der Waals surface area contributed by atoms with E-state index >= 15 is 0 Å². The number of nitrogens with zero attached hydrogens (tertiary/aromatic N) is 1. The van der Waals surface area contributed by atoms with Crippen LogP contribution in [0.3, 0.4) is 0 Å². The molecule has 0 fully saturated rings. The molecule has 0 aliphatic carbocycles. The maximum absolute atomic E-state index is 11.4. The molecule has 0 saturated carbocycles. The second-order valence-corrected chi connectivity index (χ2v) is 5.25. The second kappa shape index (κ2) is 10.5. The fourth-order valence-electron chi connectivity index (χ4n) is 1.77. The van der Waals surface area contributed by atoms with Crippen molar-refractivity contribution in [1.29, 1.82) is 0 Å². The van der Waals surface area contributed by atoms with Gasteiger partial charge >= 0.3 is 5.97 Å². The predicted molar refractivity (Wildman–Crippen MR) is 98.9 cm³/mol. The molecular weight excluding hydrogens is 413 g/mol. The molecule has 0 radical (unpaired) electrons. The maximum Gasteiger partial charge on any atom is 0.310 e. The van der Waals surface area contributed by atoms with E-state index in [-0.39, 0.29) is 42.4 Å². The second-order valence-electron chi connectivity index (χ2n) is 5.25. The van der Waals surface area contributed by atoms with Gasteiger partial charge in [0.2, 0.25) is 0 Å². The van der Waals surface area contributed by atoms with Crippen LogP contribution in [0.4, 0.5) is 0 Å². The first-order chi connectivity index (χ1) is 10.4. The maximum atomic E-state index is 11.4.